The molecule has 1 radical (unpaired) electrons. The van der Waals surface area contributed by atoms with Crippen molar-refractivity contribution in [3.8, 4) is 22.8 Å². The van der Waals surface area contributed by atoms with E-state index in [1.54, 1.807) is 24.8 Å². The minimum Gasteiger partial charge on any atom is -0.434 e. The molecule has 28 heavy (non-hydrogen) atoms. The maximum Gasteiger partial charge on any atom is 0.0803 e. The molecule has 0 spiro atoms. The van der Waals surface area contributed by atoms with Gasteiger partial charge in [0.25, 0.3) is 0 Å². The second-order valence-electron chi connectivity index (χ2n) is 5.62. The number of hydrogen-bond donors (Lipinski definition) is 0. The summed E-state index contributed by atoms with van der Waals surface area (Å²) < 4.78 is 0. The summed E-state index contributed by atoms with van der Waals surface area (Å²) in [7, 11) is 0. The number of aromatic nitrogens is 5. The van der Waals surface area contributed by atoms with Crippen LogP contribution in [0.3, 0.4) is 0 Å². The van der Waals surface area contributed by atoms with E-state index in [0.717, 1.165) is 22.3 Å². The SMILES string of the molecule is [Ir].[c-]1ccccc1-c1ccccn1.c1ccc2[n-]c(-c3cnccn3)nc2c1. The molecule has 0 amide bonds. The van der Waals surface area contributed by atoms with Gasteiger partial charge in [-0.2, -0.15) is 0 Å². The number of nitrogens with zero attached hydrogens (tertiary/aromatic N) is 5. The van der Waals surface area contributed by atoms with Crippen molar-refractivity contribution in [2.24, 2.45) is 0 Å². The summed E-state index contributed by atoms with van der Waals surface area (Å²) in [5.41, 5.74) is 4.49. The third-order valence-corrected chi connectivity index (χ3v) is 3.78. The van der Waals surface area contributed by atoms with Crippen molar-refractivity contribution in [1.82, 2.24) is 24.9 Å². The number of hydrogen-bond acceptors (Lipinski definition) is 4. The Morgan fingerprint density at radius 2 is 1.57 bits per heavy atom. The van der Waals surface area contributed by atoms with E-state index >= 15 is 0 Å². The fraction of sp³-hybridized carbons (Fsp3) is 0. The van der Waals surface area contributed by atoms with Crippen molar-refractivity contribution >= 4 is 11.0 Å². The average molecular weight is 542 g/mol. The second kappa shape index (κ2) is 9.65. The van der Waals surface area contributed by atoms with Gasteiger partial charge < -0.3 is 15.0 Å². The number of pyridine rings is 1. The van der Waals surface area contributed by atoms with Gasteiger partial charge in [-0.1, -0.05) is 36.4 Å². The van der Waals surface area contributed by atoms with Crippen LogP contribution in [0.5, 0.6) is 0 Å². The van der Waals surface area contributed by atoms with Gasteiger partial charge in [-0.15, -0.1) is 35.9 Å². The Hall–Kier alpha value is -3.21. The summed E-state index contributed by atoms with van der Waals surface area (Å²) in [6.45, 7) is 0. The van der Waals surface area contributed by atoms with Crippen LogP contribution in [0.4, 0.5) is 0 Å². The molecular formula is C22H15IrN5-2. The quantitative estimate of drug-likeness (QED) is 0.314. The number of benzene rings is 2. The van der Waals surface area contributed by atoms with Gasteiger partial charge in [-0.3, -0.25) is 9.97 Å². The van der Waals surface area contributed by atoms with Crippen molar-refractivity contribution in [3.63, 3.8) is 0 Å². The van der Waals surface area contributed by atoms with Crippen molar-refractivity contribution in [2.45, 2.75) is 0 Å². The fourth-order valence-electron chi connectivity index (χ4n) is 2.51. The molecule has 0 aliphatic heterocycles. The molecule has 6 heteroatoms. The first-order valence-electron chi connectivity index (χ1n) is 8.44. The van der Waals surface area contributed by atoms with Crippen molar-refractivity contribution in [2.75, 3.05) is 0 Å². The van der Waals surface area contributed by atoms with E-state index in [-0.39, 0.29) is 20.1 Å². The Morgan fingerprint density at radius 3 is 2.29 bits per heavy atom. The summed E-state index contributed by atoms with van der Waals surface area (Å²) in [5, 5.41) is 0. The van der Waals surface area contributed by atoms with Crippen LogP contribution >= 0.6 is 0 Å². The predicted molar refractivity (Wildman–Crippen MR) is 105 cm³/mol. The molecule has 3 heterocycles. The summed E-state index contributed by atoms with van der Waals surface area (Å²) in [6, 6.07) is 24.6. The van der Waals surface area contributed by atoms with Crippen LogP contribution in [0.2, 0.25) is 0 Å². The van der Waals surface area contributed by atoms with Crippen molar-refractivity contribution in [3.05, 3.63) is 97.6 Å². The maximum atomic E-state index is 4.37. The van der Waals surface area contributed by atoms with E-state index in [2.05, 4.69) is 31.0 Å². The van der Waals surface area contributed by atoms with E-state index in [1.807, 2.05) is 66.7 Å². The molecule has 0 unspecified atom stereocenters. The van der Waals surface area contributed by atoms with Crippen LogP contribution in [0, 0.1) is 6.07 Å². The predicted octanol–water partition coefficient (Wildman–Crippen LogP) is 4.20. The first kappa shape index (κ1) is 19.5. The number of para-hydroxylation sites is 2. The smallest absolute Gasteiger partial charge is 0.0803 e. The monoisotopic (exact) mass is 542 g/mol. The zero-order chi connectivity index (χ0) is 18.3. The molecular weight excluding hydrogens is 526 g/mol. The molecule has 0 bridgehead atoms. The first-order chi connectivity index (χ1) is 13.4. The molecule has 5 rings (SSSR count). The van der Waals surface area contributed by atoms with E-state index in [9.17, 15) is 0 Å². The minimum atomic E-state index is 0. The molecule has 0 atom stereocenters. The van der Waals surface area contributed by atoms with Crippen molar-refractivity contribution < 1.29 is 20.1 Å². The van der Waals surface area contributed by atoms with Crippen LogP contribution in [-0.2, 0) is 20.1 Å². The van der Waals surface area contributed by atoms with E-state index in [4.69, 9.17) is 0 Å². The second-order valence-corrected chi connectivity index (χ2v) is 5.62. The first-order valence-corrected chi connectivity index (χ1v) is 8.44. The zero-order valence-electron chi connectivity index (χ0n) is 14.7. The van der Waals surface area contributed by atoms with Gasteiger partial charge in [0.05, 0.1) is 11.9 Å². The van der Waals surface area contributed by atoms with E-state index in [0.29, 0.717) is 11.5 Å². The normalized spacial score (nSPS) is 9.86. The Morgan fingerprint density at radius 1 is 0.750 bits per heavy atom. The third-order valence-electron chi connectivity index (χ3n) is 3.78. The largest absolute Gasteiger partial charge is 0.434 e. The van der Waals surface area contributed by atoms with E-state index < -0.39 is 0 Å². The van der Waals surface area contributed by atoms with Crippen LogP contribution < -0.4 is 4.98 Å². The van der Waals surface area contributed by atoms with Crippen LogP contribution in [-0.4, -0.2) is 19.9 Å². The Bertz CT molecular complexity index is 1040. The molecule has 0 fully saturated rings. The molecule has 0 aliphatic carbocycles. The molecule has 5 aromatic rings. The number of imidazole rings is 1. The number of fused-ring (bicyclic) bond motifs is 1. The Kier molecular flexibility index (Phi) is 6.73. The van der Waals surface area contributed by atoms with Crippen LogP contribution in [0.15, 0.2) is 91.5 Å². The van der Waals surface area contributed by atoms with Gasteiger partial charge >= 0.3 is 0 Å². The summed E-state index contributed by atoms with van der Waals surface area (Å²) in [4.78, 5) is 21.1. The van der Waals surface area contributed by atoms with Gasteiger partial charge in [0.15, 0.2) is 0 Å². The van der Waals surface area contributed by atoms with Crippen molar-refractivity contribution in [1.29, 1.82) is 0 Å². The molecule has 0 aliphatic rings. The van der Waals surface area contributed by atoms with E-state index in [1.165, 1.54) is 0 Å². The third kappa shape index (κ3) is 4.74. The van der Waals surface area contributed by atoms with Crippen LogP contribution in [0.1, 0.15) is 0 Å². The standard InChI is InChI=1S/C11H7N4.C11H8N.Ir/c1-2-4-9-8(3-1)14-11(15-9)10-7-12-5-6-13-10;1-2-6-10(7-3-1)11-8-4-5-9-12-11;/h1-7H;1-6,8-9H;/q2*-1;. The molecule has 2 aromatic carbocycles. The molecule has 5 nitrogen and oxygen atoms in total. The van der Waals surface area contributed by atoms with Crippen LogP contribution in [0.25, 0.3) is 33.8 Å². The summed E-state index contributed by atoms with van der Waals surface area (Å²) >= 11 is 0. The fourth-order valence-corrected chi connectivity index (χ4v) is 2.51. The molecule has 0 saturated carbocycles. The maximum absolute atomic E-state index is 4.37. The molecule has 0 N–H and O–H groups in total. The summed E-state index contributed by atoms with van der Waals surface area (Å²) in [5.74, 6) is 0.629. The number of rotatable bonds is 2. The van der Waals surface area contributed by atoms with Gasteiger partial charge in [-0.25, -0.2) is 0 Å². The average Bonchev–Trinajstić information content (AvgIpc) is 3.21. The molecule has 0 saturated heterocycles. The summed E-state index contributed by atoms with van der Waals surface area (Å²) in [6.07, 6.45) is 6.72. The van der Waals surface area contributed by atoms with Gasteiger partial charge in [0, 0.05) is 38.7 Å². The topological polar surface area (TPSA) is 65.7 Å². The minimum absolute atomic E-state index is 0. The molecule has 139 valence electrons. The Balaban J connectivity index is 0.000000159. The van der Waals surface area contributed by atoms with Gasteiger partial charge in [0.2, 0.25) is 0 Å². The zero-order valence-corrected chi connectivity index (χ0v) is 17.1. The van der Waals surface area contributed by atoms with Gasteiger partial charge in [-0.05, 0) is 28.6 Å². The molecule has 3 aromatic heterocycles. The van der Waals surface area contributed by atoms with Gasteiger partial charge in [0.1, 0.15) is 0 Å². The Labute approximate surface area is 176 Å².